The molecule has 178 valence electrons. The summed E-state index contributed by atoms with van der Waals surface area (Å²) in [5.41, 5.74) is 2.59. The number of aromatic nitrogens is 2. The number of ether oxygens (including phenoxy) is 1. The minimum Gasteiger partial charge on any atom is -0.497 e. The molecule has 0 spiro atoms. The Morgan fingerprint density at radius 2 is 1.85 bits per heavy atom. The van der Waals surface area contributed by atoms with Crippen LogP contribution in [0.15, 0.2) is 72.0 Å². The van der Waals surface area contributed by atoms with E-state index >= 15 is 0 Å². The summed E-state index contributed by atoms with van der Waals surface area (Å²) in [5, 5.41) is 6.79. The second-order valence-corrected chi connectivity index (χ2v) is 7.86. The van der Waals surface area contributed by atoms with Crippen LogP contribution in [-0.4, -0.2) is 42.3 Å². The third kappa shape index (κ3) is 8.72. The molecule has 0 aliphatic carbocycles. The first-order valence-corrected chi connectivity index (χ1v) is 11.4. The normalized spacial score (nSPS) is 12.0. The third-order valence-corrected chi connectivity index (χ3v) is 5.50. The molecule has 0 bridgehead atoms. The Labute approximate surface area is 214 Å². The molecule has 6 nitrogen and oxygen atoms in total. The van der Waals surface area contributed by atoms with Gasteiger partial charge in [0.1, 0.15) is 11.6 Å². The van der Waals surface area contributed by atoms with E-state index in [1.54, 1.807) is 7.11 Å². The molecule has 1 unspecified atom stereocenters. The van der Waals surface area contributed by atoms with Gasteiger partial charge in [-0.15, -0.1) is 24.0 Å². The first kappa shape index (κ1) is 26.7. The third-order valence-electron chi connectivity index (χ3n) is 5.50. The Balaban J connectivity index is 0.00000385. The van der Waals surface area contributed by atoms with Crippen LogP contribution in [0.25, 0.3) is 0 Å². The predicted octanol–water partition coefficient (Wildman–Crippen LogP) is 4.85. The monoisotopic (exact) mass is 561 g/mol. The zero-order valence-electron chi connectivity index (χ0n) is 19.8. The fourth-order valence-electron chi connectivity index (χ4n) is 3.60. The minimum absolute atomic E-state index is 0. The van der Waals surface area contributed by atoms with Crippen molar-refractivity contribution in [2.24, 2.45) is 4.99 Å². The maximum Gasteiger partial charge on any atom is 0.191 e. The highest BCUT2D eigenvalue weighted by Gasteiger charge is 2.07. The van der Waals surface area contributed by atoms with Gasteiger partial charge >= 0.3 is 0 Å². The molecule has 0 aliphatic heterocycles. The van der Waals surface area contributed by atoms with Crippen LogP contribution in [0.2, 0.25) is 0 Å². The SMILES string of the molecule is CCNC(=NCCC(C)c1ccc(OC)cc1)NCCc1nccn1Cc1ccccc1.I. The lowest BCUT2D eigenvalue weighted by molar-refractivity contribution is 0.414. The molecule has 1 heterocycles. The highest BCUT2D eigenvalue weighted by atomic mass is 127. The number of aliphatic imine (C=N–C) groups is 1. The zero-order valence-corrected chi connectivity index (χ0v) is 22.2. The van der Waals surface area contributed by atoms with Crippen LogP contribution in [0.1, 0.15) is 43.1 Å². The molecule has 0 fully saturated rings. The predicted molar refractivity (Wildman–Crippen MR) is 147 cm³/mol. The van der Waals surface area contributed by atoms with Crippen LogP contribution in [-0.2, 0) is 13.0 Å². The van der Waals surface area contributed by atoms with Gasteiger partial charge in [-0.25, -0.2) is 4.98 Å². The van der Waals surface area contributed by atoms with Crippen LogP contribution < -0.4 is 15.4 Å². The number of nitrogens with zero attached hydrogens (tertiary/aromatic N) is 3. The number of nitrogens with one attached hydrogen (secondary N) is 2. The maximum absolute atomic E-state index is 5.25. The fourth-order valence-corrected chi connectivity index (χ4v) is 3.60. The fraction of sp³-hybridized carbons (Fsp3) is 0.385. The number of hydrogen-bond acceptors (Lipinski definition) is 3. The summed E-state index contributed by atoms with van der Waals surface area (Å²) in [5.74, 6) is 3.26. The molecular formula is C26H36IN5O. The van der Waals surface area contributed by atoms with E-state index in [1.165, 1.54) is 11.1 Å². The second kappa shape index (κ2) is 14.6. The lowest BCUT2D eigenvalue weighted by Crippen LogP contribution is -2.38. The van der Waals surface area contributed by atoms with E-state index in [4.69, 9.17) is 9.73 Å². The van der Waals surface area contributed by atoms with Gasteiger partial charge in [-0.05, 0) is 42.5 Å². The van der Waals surface area contributed by atoms with Crippen molar-refractivity contribution in [1.82, 2.24) is 20.2 Å². The number of imidazole rings is 1. The van der Waals surface area contributed by atoms with Crippen LogP contribution >= 0.6 is 24.0 Å². The van der Waals surface area contributed by atoms with E-state index in [2.05, 4.69) is 70.4 Å². The van der Waals surface area contributed by atoms with Crippen molar-refractivity contribution in [2.75, 3.05) is 26.7 Å². The molecule has 33 heavy (non-hydrogen) atoms. The van der Waals surface area contributed by atoms with Gasteiger partial charge in [0.05, 0.1) is 7.11 Å². The topological polar surface area (TPSA) is 63.5 Å². The summed E-state index contributed by atoms with van der Waals surface area (Å²) in [7, 11) is 1.69. The van der Waals surface area contributed by atoms with Gasteiger partial charge in [0.15, 0.2) is 5.96 Å². The van der Waals surface area contributed by atoms with Crippen molar-refractivity contribution in [1.29, 1.82) is 0 Å². The number of methoxy groups -OCH3 is 1. The van der Waals surface area contributed by atoms with Crippen LogP contribution in [0.4, 0.5) is 0 Å². The van der Waals surface area contributed by atoms with Gasteiger partial charge in [-0.3, -0.25) is 4.99 Å². The van der Waals surface area contributed by atoms with Crippen LogP contribution in [0.5, 0.6) is 5.75 Å². The molecule has 0 aliphatic rings. The smallest absolute Gasteiger partial charge is 0.191 e. The highest BCUT2D eigenvalue weighted by molar-refractivity contribution is 14.0. The highest BCUT2D eigenvalue weighted by Crippen LogP contribution is 2.21. The van der Waals surface area contributed by atoms with Crippen molar-refractivity contribution in [3.05, 3.63) is 83.9 Å². The molecular weight excluding hydrogens is 525 g/mol. The average Bonchev–Trinajstić information content (AvgIpc) is 3.26. The maximum atomic E-state index is 5.25. The quantitative estimate of drug-likeness (QED) is 0.200. The van der Waals surface area contributed by atoms with E-state index in [9.17, 15) is 0 Å². The van der Waals surface area contributed by atoms with E-state index in [0.29, 0.717) is 5.92 Å². The summed E-state index contributed by atoms with van der Waals surface area (Å²) < 4.78 is 7.45. The van der Waals surface area contributed by atoms with Crippen molar-refractivity contribution in [3.8, 4) is 5.75 Å². The Morgan fingerprint density at radius 1 is 1.09 bits per heavy atom. The molecule has 1 atom stereocenters. The van der Waals surface area contributed by atoms with Crippen molar-refractivity contribution < 1.29 is 4.74 Å². The summed E-state index contributed by atoms with van der Waals surface area (Å²) in [4.78, 5) is 9.30. The molecule has 3 rings (SSSR count). The van der Waals surface area contributed by atoms with Gasteiger partial charge in [-0.2, -0.15) is 0 Å². The van der Waals surface area contributed by atoms with Crippen LogP contribution in [0.3, 0.4) is 0 Å². The Hall–Kier alpha value is -2.55. The molecule has 0 radical (unpaired) electrons. The van der Waals surface area contributed by atoms with E-state index in [1.807, 2.05) is 30.6 Å². The van der Waals surface area contributed by atoms with Crippen molar-refractivity contribution >= 4 is 29.9 Å². The summed E-state index contributed by atoms with van der Waals surface area (Å²) in [6.45, 7) is 7.56. The Kier molecular flexibility index (Phi) is 11.8. The zero-order chi connectivity index (χ0) is 22.6. The lowest BCUT2D eigenvalue weighted by atomic mass is 9.98. The molecule has 0 amide bonds. The molecule has 0 saturated carbocycles. The van der Waals surface area contributed by atoms with E-state index in [-0.39, 0.29) is 24.0 Å². The number of rotatable bonds is 11. The van der Waals surface area contributed by atoms with Crippen molar-refractivity contribution in [2.45, 2.75) is 39.2 Å². The molecule has 2 aromatic carbocycles. The molecule has 3 aromatic rings. The van der Waals surface area contributed by atoms with Gasteiger partial charge in [-0.1, -0.05) is 49.4 Å². The standard InChI is InChI=1S/C26H35N5O.HI/c1-4-27-26(29-16-14-21(2)23-10-12-24(32-3)13-11-23)30-17-15-25-28-18-19-31(25)20-22-8-6-5-7-9-22;/h5-13,18-19,21H,4,14-17,20H2,1-3H3,(H2,27,29,30);1H. The summed E-state index contributed by atoms with van der Waals surface area (Å²) in [6, 6.07) is 18.8. The molecule has 0 saturated heterocycles. The number of hydrogen-bond donors (Lipinski definition) is 2. The van der Waals surface area contributed by atoms with Gasteiger partial charge < -0.3 is 19.9 Å². The first-order chi connectivity index (χ1) is 15.7. The summed E-state index contributed by atoms with van der Waals surface area (Å²) >= 11 is 0. The largest absolute Gasteiger partial charge is 0.497 e. The molecule has 7 heteroatoms. The van der Waals surface area contributed by atoms with Crippen molar-refractivity contribution in [3.63, 3.8) is 0 Å². The minimum atomic E-state index is 0. The number of halogens is 1. The lowest BCUT2D eigenvalue weighted by Gasteiger charge is -2.14. The average molecular weight is 562 g/mol. The Morgan fingerprint density at radius 3 is 2.55 bits per heavy atom. The van der Waals surface area contributed by atoms with Gasteiger partial charge in [0.2, 0.25) is 0 Å². The van der Waals surface area contributed by atoms with Crippen LogP contribution in [0, 0.1) is 0 Å². The summed E-state index contributed by atoms with van der Waals surface area (Å²) in [6.07, 6.45) is 5.75. The van der Waals surface area contributed by atoms with E-state index < -0.39 is 0 Å². The number of benzene rings is 2. The molecule has 1 aromatic heterocycles. The van der Waals surface area contributed by atoms with E-state index in [0.717, 1.165) is 56.6 Å². The second-order valence-electron chi connectivity index (χ2n) is 7.86. The van der Waals surface area contributed by atoms with Gasteiger partial charge in [0, 0.05) is 45.0 Å². The number of guanidine groups is 1. The Bertz CT molecular complexity index is 956. The molecule has 2 N–H and O–H groups in total. The first-order valence-electron chi connectivity index (χ1n) is 11.4. The van der Waals surface area contributed by atoms with Gasteiger partial charge in [0.25, 0.3) is 0 Å².